The minimum Gasteiger partial charge on any atom is -0.143 e. The van der Waals surface area contributed by atoms with Gasteiger partial charge in [0.25, 0.3) is 0 Å². The number of hydrogen-bond acceptors (Lipinski definition) is 1. The van der Waals surface area contributed by atoms with Crippen LogP contribution in [-0.2, 0) is 0 Å². The molecule has 0 atom stereocenters. The average molecular weight is 200 g/mol. The van der Waals surface area contributed by atoms with Gasteiger partial charge in [-0.2, -0.15) is 0 Å². The summed E-state index contributed by atoms with van der Waals surface area (Å²) in [6.45, 7) is 2.09. The second-order valence-electron chi connectivity index (χ2n) is 3.38. The standard InChI is InChI=1S/C13H12S/c1-10-6-8-11(9-7-10)12-4-2-3-5-13(12)14/h2-9,14H,1H3. The lowest BCUT2D eigenvalue weighted by molar-refractivity contribution is 1.42. The molecule has 0 saturated carbocycles. The van der Waals surface area contributed by atoms with Crippen molar-refractivity contribution in [3.8, 4) is 11.1 Å². The Morgan fingerprint density at radius 3 is 2.14 bits per heavy atom. The van der Waals surface area contributed by atoms with Crippen LogP contribution in [0.3, 0.4) is 0 Å². The molecule has 0 aliphatic carbocycles. The summed E-state index contributed by atoms with van der Waals surface area (Å²) in [6.07, 6.45) is 0. The summed E-state index contributed by atoms with van der Waals surface area (Å²) in [7, 11) is 0. The largest absolute Gasteiger partial charge is 0.143 e. The van der Waals surface area contributed by atoms with E-state index in [-0.39, 0.29) is 0 Å². The van der Waals surface area contributed by atoms with E-state index < -0.39 is 0 Å². The van der Waals surface area contributed by atoms with Gasteiger partial charge >= 0.3 is 0 Å². The Hall–Kier alpha value is -1.21. The molecule has 0 saturated heterocycles. The van der Waals surface area contributed by atoms with E-state index in [2.05, 4.69) is 49.9 Å². The molecule has 0 N–H and O–H groups in total. The highest BCUT2D eigenvalue weighted by molar-refractivity contribution is 7.80. The summed E-state index contributed by atoms with van der Waals surface area (Å²) < 4.78 is 0. The summed E-state index contributed by atoms with van der Waals surface area (Å²) in [4.78, 5) is 1.02. The Balaban J connectivity index is 2.50. The van der Waals surface area contributed by atoms with E-state index >= 15 is 0 Å². The monoisotopic (exact) mass is 200 g/mol. The van der Waals surface area contributed by atoms with Gasteiger partial charge < -0.3 is 0 Å². The van der Waals surface area contributed by atoms with Crippen molar-refractivity contribution in [1.29, 1.82) is 0 Å². The molecule has 0 aliphatic rings. The Morgan fingerprint density at radius 2 is 1.50 bits per heavy atom. The molecule has 2 rings (SSSR count). The zero-order chi connectivity index (χ0) is 9.97. The predicted molar refractivity (Wildman–Crippen MR) is 63.9 cm³/mol. The second-order valence-corrected chi connectivity index (χ2v) is 3.86. The van der Waals surface area contributed by atoms with Gasteiger partial charge in [0, 0.05) is 4.90 Å². The van der Waals surface area contributed by atoms with Crippen LogP contribution in [0.1, 0.15) is 5.56 Å². The highest BCUT2D eigenvalue weighted by Crippen LogP contribution is 2.25. The number of aryl methyl sites for hydroxylation is 1. The molecule has 0 unspecified atom stereocenters. The third-order valence-corrected chi connectivity index (χ3v) is 2.66. The normalized spacial score (nSPS) is 10.1. The first kappa shape index (κ1) is 9.35. The van der Waals surface area contributed by atoms with Gasteiger partial charge in [0.1, 0.15) is 0 Å². The van der Waals surface area contributed by atoms with Crippen molar-refractivity contribution in [3.05, 3.63) is 54.1 Å². The van der Waals surface area contributed by atoms with Crippen LogP contribution < -0.4 is 0 Å². The van der Waals surface area contributed by atoms with Gasteiger partial charge in [0.05, 0.1) is 0 Å². The van der Waals surface area contributed by atoms with Gasteiger partial charge in [0.2, 0.25) is 0 Å². The lowest BCUT2D eigenvalue weighted by Gasteiger charge is -2.04. The molecule has 0 amide bonds. The average Bonchev–Trinajstić information content (AvgIpc) is 2.20. The zero-order valence-corrected chi connectivity index (χ0v) is 8.96. The van der Waals surface area contributed by atoms with Crippen LogP contribution in [0.2, 0.25) is 0 Å². The zero-order valence-electron chi connectivity index (χ0n) is 8.07. The number of thiol groups is 1. The lowest BCUT2D eigenvalue weighted by atomic mass is 10.0. The van der Waals surface area contributed by atoms with Crippen molar-refractivity contribution < 1.29 is 0 Å². The van der Waals surface area contributed by atoms with Crippen LogP contribution in [0.5, 0.6) is 0 Å². The third-order valence-electron chi connectivity index (χ3n) is 2.27. The van der Waals surface area contributed by atoms with Gasteiger partial charge in [-0.1, -0.05) is 48.0 Å². The quantitative estimate of drug-likeness (QED) is 0.662. The molecular formula is C13H12S. The van der Waals surface area contributed by atoms with Crippen LogP contribution in [-0.4, -0.2) is 0 Å². The second kappa shape index (κ2) is 3.89. The number of hydrogen-bond donors (Lipinski definition) is 1. The first-order valence-corrected chi connectivity index (χ1v) is 5.07. The fraction of sp³-hybridized carbons (Fsp3) is 0.0769. The van der Waals surface area contributed by atoms with Crippen LogP contribution >= 0.6 is 12.6 Å². The Labute approximate surface area is 90.0 Å². The molecule has 0 aromatic heterocycles. The molecule has 14 heavy (non-hydrogen) atoms. The van der Waals surface area contributed by atoms with Crippen molar-refractivity contribution in [2.45, 2.75) is 11.8 Å². The van der Waals surface area contributed by atoms with Gasteiger partial charge in [0.15, 0.2) is 0 Å². The van der Waals surface area contributed by atoms with Gasteiger partial charge in [-0.15, -0.1) is 12.6 Å². The minimum atomic E-state index is 1.02. The summed E-state index contributed by atoms with van der Waals surface area (Å²) in [6, 6.07) is 16.6. The minimum absolute atomic E-state index is 1.02. The van der Waals surface area contributed by atoms with E-state index in [1.165, 1.54) is 16.7 Å². The SMILES string of the molecule is Cc1ccc(-c2ccccc2S)cc1. The van der Waals surface area contributed by atoms with E-state index in [4.69, 9.17) is 0 Å². The lowest BCUT2D eigenvalue weighted by Crippen LogP contribution is -1.79. The summed E-state index contributed by atoms with van der Waals surface area (Å²) in [5, 5.41) is 0. The van der Waals surface area contributed by atoms with Crippen molar-refractivity contribution >= 4 is 12.6 Å². The molecular weight excluding hydrogens is 188 g/mol. The number of benzene rings is 2. The molecule has 0 nitrogen and oxygen atoms in total. The van der Waals surface area contributed by atoms with Crippen molar-refractivity contribution in [1.82, 2.24) is 0 Å². The first-order valence-electron chi connectivity index (χ1n) is 4.62. The molecule has 0 heterocycles. The molecule has 1 heteroatoms. The fourth-order valence-corrected chi connectivity index (χ4v) is 1.74. The van der Waals surface area contributed by atoms with Gasteiger partial charge in [-0.05, 0) is 24.1 Å². The van der Waals surface area contributed by atoms with Gasteiger partial charge in [-0.25, -0.2) is 0 Å². The maximum absolute atomic E-state index is 4.44. The van der Waals surface area contributed by atoms with Crippen molar-refractivity contribution in [3.63, 3.8) is 0 Å². The van der Waals surface area contributed by atoms with E-state index in [1.807, 2.05) is 18.2 Å². The van der Waals surface area contributed by atoms with Crippen LogP contribution in [0.25, 0.3) is 11.1 Å². The molecule has 0 fully saturated rings. The fourth-order valence-electron chi connectivity index (χ4n) is 1.45. The summed E-state index contributed by atoms with van der Waals surface area (Å²) in [5.41, 5.74) is 3.70. The first-order chi connectivity index (χ1) is 6.77. The Kier molecular flexibility index (Phi) is 2.60. The molecule has 0 spiro atoms. The molecule has 70 valence electrons. The van der Waals surface area contributed by atoms with E-state index in [0.29, 0.717) is 0 Å². The van der Waals surface area contributed by atoms with E-state index in [0.717, 1.165) is 4.90 Å². The molecule has 2 aromatic carbocycles. The molecule has 2 aromatic rings. The topological polar surface area (TPSA) is 0 Å². The van der Waals surface area contributed by atoms with E-state index in [1.54, 1.807) is 0 Å². The smallest absolute Gasteiger partial charge is 0.0119 e. The Morgan fingerprint density at radius 1 is 0.857 bits per heavy atom. The van der Waals surface area contributed by atoms with Crippen LogP contribution in [0, 0.1) is 6.92 Å². The predicted octanol–water partition coefficient (Wildman–Crippen LogP) is 3.95. The maximum atomic E-state index is 4.44. The highest BCUT2D eigenvalue weighted by Gasteiger charge is 1.99. The van der Waals surface area contributed by atoms with Crippen molar-refractivity contribution in [2.24, 2.45) is 0 Å². The molecule has 0 aliphatic heterocycles. The summed E-state index contributed by atoms with van der Waals surface area (Å²) in [5.74, 6) is 0. The summed E-state index contributed by atoms with van der Waals surface area (Å²) >= 11 is 4.44. The van der Waals surface area contributed by atoms with E-state index in [9.17, 15) is 0 Å². The van der Waals surface area contributed by atoms with Crippen LogP contribution in [0.4, 0.5) is 0 Å². The van der Waals surface area contributed by atoms with Crippen LogP contribution in [0.15, 0.2) is 53.4 Å². The van der Waals surface area contributed by atoms with Crippen molar-refractivity contribution in [2.75, 3.05) is 0 Å². The Bertz CT molecular complexity index is 429. The van der Waals surface area contributed by atoms with Gasteiger partial charge in [-0.3, -0.25) is 0 Å². The number of rotatable bonds is 1. The molecule has 0 radical (unpaired) electrons. The third kappa shape index (κ3) is 1.83. The maximum Gasteiger partial charge on any atom is 0.0119 e. The molecule has 0 bridgehead atoms. The highest BCUT2D eigenvalue weighted by atomic mass is 32.1.